The molecule has 0 aliphatic carbocycles. The van der Waals surface area contributed by atoms with Gasteiger partial charge in [0.25, 0.3) is 0 Å². The molecule has 0 saturated carbocycles. The van der Waals surface area contributed by atoms with Gasteiger partial charge < -0.3 is 14.2 Å². The van der Waals surface area contributed by atoms with E-state index >= 15 is 0 Å². The maximum Gasteiger partial charge on any atom is 0.306 e. The number of carbonyl (C=O) groups is 2. The van der Waals surface area contributed by atoms with E-state index in [4.69, 9.17) is 14.2 Å². The molecule has 212 valence electrons. The lowest BCUT2D eigenvalue weighted by Crippen LogP contribution is -2.42. The average molecular weight is 558 g/mol. The van der Waals surface area contributed by atoms with Crippen molar-refractivity contribution in [1.82, 2.24) is 0 Å². The largest absolute Gasteiger partial charge is 0.497 e. The maximum atomic E-state index is 12.6. The number of aryl methyl sites for hydroxylation is 1. The minimum atomic E-state index is -3.73. The Balaban J connectivity index is 1.62. The van der Waals surface area contributed by atoms with Crippen LogP contribution < -0.4 is 13.8 Å². The lowest BCUT2D eigenvalue weighted by molar-refractivity contribution is -0.154. The first-order chi connectivity index (χ1) is 18.5. The van der Waals surface area contributed by atoms with E-state index in [-0.39, 0.29) is 30.3 Å². The van der Waals surface area contributed by atoms with Crippen molar-refractivity contribution in [3.63, 3.8) is 0 Å². The van der Waals surface area contributed by atoms with Crippen LogP contribution in [0, 0.1) is 0 Å². The Morgan fingerprint density at radius 1 is 1.08 bits per heavy atom. The normalized spacial score (nSPS) is 15.4. The molecular weight excluding hydrogens is 518 g/mol. The molecule has 0 atom stereocenters. The molecule has 2 aromatic carbocycles. The van der Waals surface area contributed by atoms with Crippen molar-refractivity contribution >= 4 is 33.7 Å². The Morgan fingerprint density at radius 3 is 2.49 bits per heavy atom. The monoisotopic (exact) mass is 557 g/mol. The topological polar surface area (TPSA) is 99.2 Å². The van der Waals surface area contributed by atoms with Crippen molar-refractivity contribution in [2.45, 2.75) is 71.3 Å². The summed E-state index contributed by atoms with van der Waals surface area (Å²) in [5.41, 5.74) is 1.44. The second kappa shape index (κ2) is 13.6. The number of esters is 1. The van der Waals surface area contributed by atoms with Crippen LogP contribution >= 0.6 is 0 Å². The number of hydrogen-bond donors (Lipinski definition) is 0. The summed E-state index contributed by atoms with van der Waals surface area (Å²) in [5, 5.41) is 0. The third-order valence-corrected chi connectivity index (χ3v) is 7.82. The molecular formula is C30H39NO7S. The van der Waals surface area contributed by atoms with Crippen molar-refractivity contribution in [3.05, 3.63) is 59.7 Å². The number of sulfonamides is 1. The molecule has 1 aliphatic rings. The SMILES string of the molecule is COc1ccc(C=CCCCCOc2ccc(N3C(=O)CCCS3(=O)=O)cc2CCC(=O)OC(C)(C)C)cc1. The third-order valence-electron chi connectivity index (χ3n) is 6.04. The fourth-order valence-corrected chi connectivity index (χ4v) is 5.72. The van der Waals surface area contributed by atoms with Gasteiger partial charge in [-0.1, -0.05) is 24.3 Å². The molecule has 0 bridgehead atoms. The molecule has 1 saturated heterocycles. The number of ether oxygens (including phenoxy) is 3. The summed E-state index contributed by atoms with van der Waals surface area (Å²) in [6.07, 6.45) is 7.74. The zero-order valence-electron chi connectivity index (χ0n) is 23.3. The molecule has 1 amide bonds. The molecule has 1 heterocycles. The minimum absolute atomic E-state index is 0.0723. The highest BCUT2D eigenvalue weighted by atomic mass is 32.2. The molecule has 0 radical (unpaired) electrons. The standard InChI is InChI=1S/C30H39NO7S/c1-30(2,3)38-29(33)19-14-24-22-25(31-28(32)11-9-21-39(31,34)35)15-18-27(24)37-20-8-6-5-7-10-23-12-16-26(36-4)17-13-23/h7,10,12-13,15-18,22H,5-6,8-9,11,14,19-21H2,1-4H3. The molecule has 39 heavy (non-hydrogen) atoms. The molecule has 1 aliphatic heterocycles. The van der Waals surface area contributed by atoms with Crippen LogP contribution in [0.1, 0.15) is 70.4 Å². The van der Waals surface area contributed by atoms with E-state index in [1.165, 1.54) is 0 Å². The van der Waals surface area contributed by atoms with E-state index in [0.717, 1.165) is 34.9 Å². The Morgan fingerprint density at radius 2 is 1.82 bits per heavy atom. The summed E-state index contributed by atoms with van der Waals surface area (Å²) < 4.78 is 42.8. The van der Waals surface area contributed by atoms with Gasteiger partial charge in [0, 0.05) is 12.8 Å². The van der Waals surface area contributed by atoms with Crippen LogP contribution in [-0.2, 0) is 30.8 Å². The van der Waals surface area contributed by atoms with Gasteiger partial charge in [0.2, 0.25) is 15.9 Å². The van der Waals surface area contributed by atoms with E-state index in [2.05, 4.69) is 12.2 Å². The summed E-state index contributed by atoms with van der Waals surface area (Å²) in [7, 11) is -2.08. The average Bonchev–Trinajstić information content (AvgIpc) is 2.86. The highest BCUT2D eigenvalue weighted by Gasteiger charge is 2.33. The molecule has 1 fully saturated rings. The van der Waals surface area contributed by atoms with E-state index < -0.39 is 21.5 Å². The number of methoxy groups -OCH3 is 1. The number of carbonyl (C=O) groups excluding carboxylic acids is 2. The summed E-state index contributed by atoms with van der Waals surface area (Å²) in [6, 6.07) is 12.8. The van der Waals surface area contributed by atoms with Crippen LogP contribution in [0.4, 0.5) is 5.69 Å². The van der Waals surface area contributed by atoms with E-state index in [1.807, 2.05) is 24.3 Å². The number of hydrogen-bond acceptors (Lipinski definition) is 7. The first kappa shape index (κ1) is 30.2. The van der Waals surface area contributed by atoms with Crippen LogP contribution in [0.15, 0.2) is 48.5 Å². The zero-order valence-corrected chi connectivity index (χ0v) is 24.1. The summed E-state index contributed by atoms with van der Waals surface area (Å²) in [4.78, 5) is 24.8. The Bertz CT molecular complexity index is 1260. The molecule has 0 spiro atoms. The first-order valence-electron chi connectivity index (χ1n) is 13.3. The number of benzene rings is 2. The number of amides is 1. The van der Waals surface area contributed by atoms with Gasteiger partial charge in [-0.05, 0) is 94.3 Å². The Labute approximate surface area is 232 Å². The Hall–Kier alpha value is -3.33. The fraction of sp³-hybridized carbons (Fsp3) is 0.467. The number of unbranched alkanes of at least 4 members (excludes halogenated alkanes) is 2. The molecule has 8 nitrogen and oxygen atoms in total. The van der Waals surface area contributed by atoms with Crippen molar-refractivity contribution in [2.24, 2.45) is 0 Å². The highest BCUT2D eigenvalue weighted by molar-refractivity contribution is 7.93. The minimum Gasteiger partial charge on any atom is -0.497 e. The van der Waals surface area contributed by atoms with Crippen LogP contribution in [-0.4, -0.2) is 45.4 Å². The van der Waals surface area contributed by atoms with E-state index in [9.17, 15) is 18.0 Å². The second-order valence-corrected chi connectivity index (χ2v) is 12.4. The molecule has 0 unspecified atom stereocenters. The number of nitrogens with zero attached hydrogens (tertiary/aromatic N) is 1. The second-order valence-electron chi connectivity index (χ2n) is 10.5. The number of allylic oxidation sites excluding steroid dienone is 1. The first-order valence-corrected chi connectivity index (χ1v) is 14.9. The van der Waals surface area contributed by atoms with Gasteiger partial charge in [0.15, 0.2) is 0 Å². The van der Waals surface area contributed by atoms with Crippen molar-refractivity contribution in [2.75, 3.05) is 23.8 Å². The lowest BCUT2D eigenvalue weighted by atomic mass is 10.1. The summed E-state index contributed by atoms with van der Waals surface area (Å²) >= 11 is 0. The zero-order chi connectivity index (χ0) is 28.5. The highest BCUT2D eigenvalue weighted by Crippen LogP contribution is 2.31. The van der Waals surface area contributed by atoms with E-state index in [0.29, 0.717) is 30.8 Å². The predicted octanol–water partition coefficient (Wildman–Crippen LogP) is 5.69. The molecule has 0 N–H and O–H groups in total. The van der Waals surface area contributed by atoms with Gasteiger partial charge in [0.1, 0.15) is 17.1 Å². The fourth-order valence-electron chi connectivity index (χ4n) is 4.20. The van der Waals surface area contributed by atoms with Crippen LogP contribution in [0.2, 0.25) is 0 Å². The van der Waals surface area contributed by atoms with Gasteiger partial charge in [-0.15, -0.1) is 0 Å². The molecule has 3 rings (SSSR count). The number of rotatable bonds is 12. The lowest BCUT2D eigenvalue weighted by Gasteiger charge is -2.27. The van der Waals surface area contributed by atoms with Crippen LogP contribution in [0.5, 0.6) is 11.5 Å². The third kappa shape index (κ3) is 9.42. The van der Waals surface area contributed by atoms with Crippen LogP contribution in [0.3, 0.4) is 0 Å². The summed E-state index contributed by atoms with van der Waals surface area (Å²) in [5.74, 6) is 0.515. The number of anilines is 1. The predicted molar refractivity (Wildman–Crippen MR) is 152 cm³/mol. The van der Waals surface area contributed by atoms with Gasteiger partial charge >= 0.3 is 5.97 Å². The van der Waals surface area contributed by atoms with Crippen molar-refractivity contribution < 1.29 is 32.2 Å². The smallest absolute Gasteiger partial charge is 0.306 e. The maximum absolute atomic E-state index is 12.6. The van der Waals surface area contributed by atoms with Gasteiger partial charge in [0.05, 0.1) is 25.2 Å². The molecule has 0 aromatic heterocycles. The van der Waals surface area contributed by atoms with Gasteiger partial charge in [-0.25, -0.2) is 12.7 Å². The van der Waals surface area contributed by atoms with Gasteiger partial charge in [-0.2, -0.15) is 0 Å². The van der Waals surface area contributed by atoms with Gasteiger partial charge in [-0.3, -0.25) is 9.59 Å². The molecule has 9 heteroatoms. The van der Waals surface area contributed by atoms with Crippen molar-refractivity contribution in [3.8, 4) is 11.5 Å². The quantitative estimate of drug-likeness (QED) is 0.244. The van der Waals surface area contributed by atoms with E-state index in [1.54, 1.807) is 46.1 Å². The molecule has 2 aromatic rings. The van der Waals surface area contributed by atoms with Crippen LogP contribution in [0.25, 0.3) is 6.08 Å². The van der Waals surface area contributed by atoms with Crippen molar-refractivity contribution in [1.29, 1.82) is 0 Å². The Kier molecular flexibility index (Phi) is 10.6. The summed E-state index contributed by atoms with van der Waals surface area (Å²) in [6.45, 7) is 5.88.